The number of carbonyl (C=O) groups excluding carboxylic acids is 1. The van der Waals surface area contributed by atoms with E-state index in [0.29, 0.717) is 12.0 Å². The third-order valence-corrected chi connectivity index (χ3v) is 5.71. The Morgan fingerprint density at radius 3 is 2.65 bits per heavy atom. The van der Waals surface area contributed by atoms with Crippen molar-refractivity contribution in [1.29, 1.82) is 5.26 Å². The molecule has 2 heterocycles. The largest absolute Gasteiger partial charge is 0.341 e. The van der Waals surface area contributed by atoms with E-state index in [1.54, 1.807) is 0 Å². The maximum atomic E-state index is 12.8. The summed E-state index contributed by atoms with van der Waals surface area (Å²) < 4.78 is 0. The van der Waals surface area contributed by atoms with Gasteiger partial charge in [0.1, 0.15) is 5.41 Å². The van der Waals surface area contributed by atoms with Gasteiger partial charge in [-0.15, -0.1) is 0 Å². The van der Waals surface area contributed by atoms with Gasteiger partial charge in [-0.3, -0.25) is 4.79 Å². The van der Waals surface area contributed by atoms with Gasteiger partial charge in [0.05, 0.1) is 6.07 Å². The maximum Gasteiger partial charge on any atom is 0.243 e. The molecule has 1 amide bonds. The number of fused-ring (bicyclic) bond motifs is 1. The van der Waals surface area contributed by atoms with Gasteiger partial charge in [0.15, 0.2) is 0 Å². The Morgan fingerprint density at radius 1 is 1.20 bits per heavy atom. The quantitative estimate of drug-likeness (QED) is 0.735. The van der Waals surface area contributed by atoms with E-state index in [2.05, 4.69) is 18.0 Å². The smallest absolute Gasteiger partial charge is 0.243 e. The van der Waals surface area contributed by atoms with E-state index in [-0.39, 0.29) is 5.91 Å². The number of carbonyl (C=O) groups is 1. The molecule has 4 nitrogen and oxygen atoms in total. The standard InChI is InChI=1S/C16H25N3O/c1-18-9-4-5-13-11-19(10-6-14(13)18)15(20)16(12-17)7-2-3-8-16/h13-14H,2-11H2,1H3. The Morgan fingerprint density at radius 2 is 1.95 bits per heavy atom. The Hall–Kier alpha value is -1.08. The fourth-order valence-corrected chi connectivity index (χ4v) is 4.49. The number of hydrogen-bond acceptors (Lipinski definition) is 3. The minimum atomic E-state index is -0.687. The molecule has 110 valence electrons. The molecular weight excluding hydrogens is 250 g/mol. The summed E-state index contributed by atoms with van der Waals surface area (Å²) in [5.74, 6) is 0.743. The molecule has 0 spiro atoms. The van der Waals surface area contributed by atoms with E-state index in [0.717, 1.165) is 45.2 Å². The molecule has 0 bridgehead atoms. The summed E-state index contributed by atoms with van der Waals surface area (Å²) in [6.07, 6.45) is 7.15. The second-order valence-corrected chi connectivity index (χ2v) is 6.89. The molecule has 0 aromatic heterocycles. The van der Waals surface area contributed by atoms with Crippen LogP contribution in [0.25, 0.3) is 0 Å². The molecular formula is C16H25N3O. The third-order valence-electron chi connectivity index (χ3n) is 5.71. The maximum absolute atomic E-state index is 12.8. The molecule has 20 heavy (non-hydrogen) atoms. The van der Waals surface area contributed by atoms with Crippen molar-refractivity contribution in [3.05, 3.63) is 0 Å². The van der Waals surface area contributed by atoms with Crippen molar-refractivity contribution in [1.82, 2.24) is 9.80 Å². The zero-order chi connectivity index (χ0) is 14.2. The van der Waals surface area contributed by atoms with Crippen LogP contribution in [-0.2, 0) is 4.79 Å². The molecule has 0 aromatic rings. The van der Waals surface area contributed by atoms with Crippen molar-refractivity contribution in [3.8, 4) is 6.07 Å². The summed E-state index contributed by atoms with van der Waals surface area (Å²) in [6, 6.07) is 3.00. The molecule has 3 fully saturated rings. The third kappa shape index (κ3) is 2.22. The van der Waals surface area contributed by atoms with Gasteiger partial charge in [-0.2, -0.15) is 5.26 Å². The normalized spacial score (nSPS) is 33.5. The van der Waals surface area contributed by atoms with Crippen LogP contribution in [0.4, 0.5) is 0 Å². The number of nitriles is 1. The van der Waals surface area contributed by atoms with Gasteiger partial charge < -0.3 is 9.80 Å². The number of rotatable bonds is 1. The van der Waals surface area contributed by atoms with Gasteiger partial charge in [0, 0.05) is 19.1 Å². The van der Waals surface area contributed by atoms with E-state index >= 15 is 0 Å². The lowest BCUT2D eigenvalue weighted by molar-refractivity contribution is -0.142. The lowest BCUT2D eigenvalue weighted by Gasteiger charge is -2.47. The van der Waals surface area contributed by atoms with E-state index in [1.165, 1.54) is 19.4 Å². The highest BCUT2D eigenvalue weighted by Gasteiger charge is 2.46. The highest BCUT2D eigenvalue weighted by Crippen LogP contribution is 2.40. The van der Waals surface area contributed by atoms with Crippen LogP contribution in [0.1, 0.15) is 44.9 Å². The summed E-state index contributed by atoms with van der Waals surface area (Å²) in [5.41, 5.74) is -0.687. The first-order valence-corrected chi connectivity index (χ1v) is 8.07. The Labute approximate surface area is 121 Å². The van der Waals surface area contributed by atoms with Crippen LogP contribution >= 0.6 is 0 Å². The van der Waals surface area contributed by atoms with E-state index in [4.69, 9.17) is 0 Å². The Balaban J connectivity index is 1.70. The van der Waals surface area contributed by atoms with Gasteiger partial charge >= 0.3 is 0 Å². The predicted octanol–water partition coefficient (Wildman–Crippen LogP) is 2.01. The summed E-state index contributed by atoms with van der Waals surface area (Å²) in [4.78, 5) is 17.3. The highest BCUT2D eigenvalue weighted by molar-refractivity contribution is 5.86. The minimum Gasteiger partial charge on any atom is -0.341 e. The first kappa shape index (κ1) is 13.9. The van der Waals surface area contributed by atoms with Crippen LogP contribution in [0, 0.1) is 22.7 Å². The lowest BCUT2D eigenvalue weighted by Crippen LogP contribution is -2.56. The molecule has 3 rings (SSSR count). The van der Waals surface area contributed by atoms with Gasteiger partial charge in [-0.25, -0.2) is 0 Å². The van der Waals surface area contributed by atoms with Crippen molar-refractivity contribution >= 4 is 5.91 Å². The molecule has 4 heteroatoms. The van der Waals surface area contributed by atoms with Crippen molar-refractivity contribution in [2.75, 3.05) is 26.7 Å². The summed E-state index contributed by atoms with van der Waals surface area (Å²) >= 11 is 0. The highest BCUT2D eigenvalue weighted by atomic mass is 16.2. The fourth-order valence-electron chi connectivity index (χ4n) is 4.49. The summed E-state index contributed by atoms with van der Waals surface area (Å²) in [5, 5.41) is 9.49. The minimum absolute atomic E-state index is 0.129. The SMILES string of the molecule is CN1CCCC2CN(C(=O)C3(C#N)CCCC3)CCC21. The Kier molecular flexibility index (Phi) is 3.72. The molecule has 2 unspecified atom stereocenters. The van der Waals surface area contributed by atoms with Crippen molar-refractivity contribution < 1.29 is 4.79 Å². The monoisotopic (exact) mass is 275 g/mol. The van der Waals surface area contributed by atoms with Crippen LogP contribution in [0.15, 0.2) is 0 Å². The van der Waals surface area contributed by atoms with E-state index in [9.17, 15) is 10.1 Å². The van der Waals surface area contributed by atoms with Crippen LogP contribution in [0.3, 0.4) is 0 Å². The molecule has 1 saturated carbocycles. The number of amides is 1. The van der Waals surface area contributed by atoms with Crippen LogP contribution in [-0.4, -0.2) is 48.4 Å². The summed E-state index contributed by atoms with van der Waals surface area (Å²) in [6.45, 7) is 2.91. The van der Waals surface area contributed by atoms with Crippen molar-refractivity contribution in [3.63, 3.8) is 0 Å². The zero-order valence-corrected chi connectivity index (χ0v) is 12.5. The topological polar surface area (TPSA) is 47.3 Å². The van der Waals surface area contributed by atoms with Crippen LogP contribution in [0.5, 0.6) is 0 Å². The fraction of sp³-hybridized carbons (Fsp3) is 0.875. The number of hydrogen-bond donors (Lipinski definition) is 0. The first-order chi connectivity index (χ1) is 9.66. The second-order valence-electron chi connectivity index (χ2n) is 6.89. The number of piperidine rings is 2. The van der Waals surface area contributed by atoms with E-state index in [1.807, 2.05) is 4.90 Å². The summed E-state index contributed by atoms with van der Waals surface area (Å²) in [7, 11) is 2.21. The molecule has 2 aliphatic heterocycles. The van der Waals surface area contributed by atoms with Crippen molar-refractivity contribution in [2.45, 2.75) is 51.0 Å². The Bertz CT molecular complexity index is 422. The van der Waals surface area contributed by atoms with Gasteiger partial charge in [-0.1, -0.05) is 12.8 Å². The van der Waals surface area contributed by atoms with Gasteiger partial charge in [0.25, 0.3) is 0 Å². The molecule has 0 N–H and O–H groups in total. The molecule has 2 atom stereocenters. The van der Waals surface area contributed by atoms with Gasteiger partial charge in [-0.05, 0) is 51.6 Å². The lowest BCUT2D eigenvalue weighted by atomic mass is 9.81. The first-order valence-electron chi connectivity index (χ1n) is 8.07. The van der Waals surface area contributed by atoms with Gasteiger partial charge in [0.2, 0.25) is 5.91 Å². The molecule has 3 aliphatic rings. The van der Waals surface area contributed by atoms with Crippen LogP contribution < -0.4 is 0 Å². The molecule has 1 aliphatic carbocycles. The number of nitrogens with zero attached hydrogens (tertiary/aromatic N) is 3. The molecule has 2 saturated heterocycles. The molecule has 0 aromatic carbocycles. The average Bonchev–Trinajstić information content (AvgIpc) is 2.96. The van der Waals surface area contributed by atoms with E-state index < -0.39 is 5.41 Å². The zero-order valence-electron chi connectivity index (χ0n) is 12.5. The molecule has 0 radical (unpaired) electrons. The van der Waals surface area contributed by atoms with Crippen molar-refractivity contribution in [2.24, 2.45) is 11.3 Å². The predicted molar refractivity (Wildman–Crippen MR) is 76.9 cm³/mol. The second kappa shape index (κ2) is 5.37. The van der Waals surface area contributed by atoms with Crippen LogP contribution in [0.2, 0.25) is 0 Å². The average molecular weight is 275 g/mol. The number of likely N-dealkylation sites (tertiary alicyclic amines) is 2.